The molecule has 0 aliphatic carbocycles. The molecule has 3 rings (SSSR count). The largest absolute Gasteiger partial charge is 0.365 e. The Labute approximate surface area is 156 Å². The van der Waals surface area contributed by atoms with E-state index in [0.717, 1.165) is 10.4 Å². The highest BCUT2D eigenvalue weighted by molar-refractivity contribution is 7.17. The summed E-state index contributed by atoms with van der Waals surface area (Å²) in [5.41, 5.74) is 6.79. The molecule has 0 atom stereocenters. The number of ether oxygens (including phenoxy) is 1. The Morgan fingerprint density at radius 2 is 2.04 bits per heavy atom. The summed E-state index contributed by atoms with van der Waals surface area (Å²) in [7, 11) is 3.66. The number of carbonyl (C=O) groups excluding carboxylic acids is 2. The molecule has 7 nitrogen and oxygen atoms in total. The zero-order valence-corrected chi connectivity index (χ0v) is 16.4. The molecule has 139 valence electrons. The number of hydrogen-bond donors (Lipinski definition) is 2. The van der Waals surface area contributed by atoms with Gasteiger partial charge >= 0.3 is 0 Å². The van der Waals surface area contributed by atoms with E-state index in [2.05, 4.69) is 17.5 Å². The van der Waals surface area contributed by atoms with Gasteiger partial charge in [-0.2, -0.15) is 5.10 Å². The third kappa shape index (κ3) is 3.14. The fourth-order valence-electron chi connectivity index (χ4n) is 3.58. The first-order chi connectivity index (χ1) is 11.9. The van der Waals surface area contributed by atoms with Crippen molar-refractivity contribution in [3.05, 3.63) is 40.5 Å². The van der Waals surface area contributed by atoms with Crippen LogP contribution in [0, 0.1) is 14.0 Å². The summed E-state index contributed by atoms with van der Waals surface area (Å²) in [4.78, 5) is 25.7. The van der Waals surface area contributed by atoms with Crippen molar-refractivity contribution in [3.8, 4) is 0 Å². The molecule has 2 aromatic heterocycles. The Bertz CT molecular complexity index is 908. The standard InChI is InChI=1S/C18H23N4O3S/c1-9-8-22(6)21-12(9)15(24)20-16-11(14(19)23)10-7-17(2,3)25-18(4,5)13(10)26-16/h8H,6-7H2,1-5H3,(H2,19,23)(H,20,24). The molecule has 0 fully saturated rings. The predicted octanol–water partition coefficient (Wildman–Crippen LogP) is 2.83. The van der Waals surface area contributed by atoms with Crippen molar-refractivity contribution in [2.24, 2.45) is 5.73 Å². The predicted molar refractivity (Wildman–Crippen MR) is 100 cm³/mol. The average Bonchev–Trinajstić information content (AvgIpc) is 2.97. The van der Waals surface area contributed by atoms with Crippen LogP contribution in [0.4, 0.5) is 5.00 Å². The molecule has 1 aliphatic rings. The lowest BCUT2D eigenvalue weighted by atomic mass is 9.86. The molecule has 3 N–H and O–H groups in total. The maximum Gasteiger partial charge on any atom is 0.277 e. The summed E-state index contributed by atoms with van der Waals surface area (Å²) < 4.78 is 7.50. The van der Waals surface area contributed by atoms with Crippen molar-refractivity contribution < 1.29 is 14.3 Å². The van der Waals surface area contributed by atoms with Gasteiger partial charge in [-0.3, -0.25) is 14.3 Å². The van der Waals surface area contributed by atoms with Crippen molar-refractivity contribution in [2.75, 3.05) is 5.32 Å². The number of carbonyl (C=O) groups is 2. The van der Waals surface area contributed by atoms with Crippen LogP contribution < -0.4 is 11.1 Å². The van der Waals surface area contributed by atoms with Crippen LogP contribution in [0.1, 0.15) is 64.5 Å². The Balaban J connectivity index is 2.06. The molecule has 26 heavy (non-hydrogen) atoms. The van der Waals surface area contributed by atoms with E-state index >= 15 is 0 Å². The van der Waals surface area contributed by atoms with Crippen LogP contribution in [0.25, 0.3) is 0 Å². The number of aromatic nitrogens is 2. The van der Waals surface area contributed by atoms with E-state index in [4.69, 9.17) is 10.5 Å². The van der Waals surface area contributed by atoms with Crippen LogP contribution in [0.2, 0.25) is 0 Å². The lowest BCUT2D eigenvalue weighted by Crippen LogP contribution is -2.42. The fourth-order valence-corrected chi connectivity index (χ4v) is 4.83. The number of nitrogens with zero attached hydrogens (tertiary/aromatic N) is 2. The lowest BCUT2D eigenvalue weighted by molar-refractivity contribution is -0.135. The number of anilines is 1. The van der Waals surface area contributed by atoms with E-state index in [9.17, 15) is 9.59 Å². The van der Waals surface area contributed by atoms with Gasteiger partial charge in [0.15, 0.2) is 5.69 Å². The van der Waals surface area contributed by atoms with E-state index in [1.807, 2.05) is 27.7 Å². The summed E-state index contributed by atoms with van der Waals surface area (Å²) in [6, 6.07) is 0. The molecular formula is C18H23N4O3S. The highest BCUT2D eigenvalue weighted by Crippen LogP contribution is 2.48. The van der Waals surface area contributed by atoms with Crippen LogP contribution in [0.15, 0.2) is 6.20 Å². The lowest BCUT2D eigenvalue weighted by Gasteiger charge is -2.41. The topological polar surface area (TPSA) is 99.2 Å². The van der Waals surface area contributed by atoms with E-state index in [0.29, 0.717) is 22.5 Å². The molecule has 3 heterocycles. The van der Waals surface area contributed by atoms with Crippen molar-refractivity contribution in [3.63, 3.8) is 0 Å². The maximum atomic E-state index is 12.6. The Kier molecular flexibility index (Phi) is 4.23. The summed E-state index contributed by atoms with van der Waals surface area (Å²) in [5.74, 6) is -0.963. The third-order valence-electron chi connectivity index (χ3n) is 4.32. The number of rotatable bonds is 3. The number of nitrogens with two attached hydrogens (primary N) is 1. The van der Waals surface area contributed by atoms with Crippen molar-refractivity contribution in [2.45, 2.75) is 52.2 Å². The molecule has 0 saturated carbocycles. The number of nitrogens with one attached hydrogen (secondary N) is 1. The summed E-state index contributed by atoms with van der Waals surface area (Å²) in [6.07, 6.45) is 2.20. The van der Waals surface area contributed by atoms with Gasteiger partial charge < -0.3 is 15.8 Å². The highest BCUT2D eigenvalue weighted by Gasteiger charge is 2.43. The molecule has 0 spiro atoms. The fraction of sp³-hybridized carbons (Fsp3) is 0.444. The van der Waals surface area contributed by atoms with Crippen molar-refractivity contribution in [1.29, 1.82) is 0 Å². The van der Waals surface area contributed by atoms with Gasteiger partial charge in [-0.1, -0.05) is 0 Å². The molecule has 0 aromatic carbocycles. The number of hydrogen-bond acceptors (Lipinski definition) is 5. The number of thiophene rings is 1. The van der Waals surface area contributed by atoms with Gasteiger partial charge in [0.05, 0.1) is 23.8 Å². The zero-order chi connectivity index (χ0) is 19.4. The first-order valence-corrected chi connectivity index (χ1v) is 9.07. The molecule has 1 aliphatic heterocycles. The van der Waals surface area contributed by atoms with Crippen LogP contribution in [-0.2, 0) is 16.8 Å². The summed E-state index contributed by atoms with van der Waals surface area (Å²) in [6.45, 7) is 9.63. The normalized spacial score (nSPS) is 17.6. The van der Waals surface area contributed by atoms with Gasteiger partial charge in [-0.15, -0.1) is 11.3 Å². The van der Waals surface area contributed by atoms with Crippen molar-refractivity contribution >= 4 is 28.2 Å². The molecular weight excluding hydrogens is 352 g/mol. The Hall–Kier alpha value is -2.19. The smallest absolute Gasteiger partial charge is 0.277 e. The molecule has 2 aromatic rings. The van der Waals surface area contributed by atoms with E-state index < -0.39 is 23.0 Å². The molecule has 0 saturated heterocycles. The van der Waals surface area contributed by atoms with Gasteiger partial charge in [0, 0.05) is 23.1 Å². The molecule has 0 bridgehead atoms. The first kappa shape index (κ1) is 18.6. The second kappa shape index (κ2) is 5.92. The van der Waals surface area contributed by atoms with E-state index in [1.165, 1.54) is 16.0 Å². The number of amides is 2. The van der Waals surface area contributed by atoms with E-state index in [-0.39, 0.29) is 5.69 Å². The third-order valence-corrected chi connectivity index (χ3v) is 5.77. The molecule has 1 radical (unpaired) electrons. The minimum absolute atomic E-state index is 0.262. The average molecular weight is 375 g/mol. The van der Waals surface area contributed by atoms with Crippen LogP contribution >= 0.6 is 11.3 Å². The number of fused-ring (bicyclic) bond motifs is 1. The van der Waals surface area contributed by atoms with Crippen molar-refractivity contribution in [1.82, 2.24) is 9.78 Å². The quantitative estimate of drug-likeness (QED) is 0.861. The second-order valence-electron chi connectivity index (χ2n) is 7.68. The number of primary amides is 1. The van der Waals surface area contributed by atoms with Gasteiger partial charge in [0.2, 0.25) is 0 Å². The minimum atomic E-state index is -0.584. The molecule has 2 amide bonds. The number of aryl methyl sites for hydroxylation is 1. The maximum absolute atomic E-state index is 12.6. The Morgan fingerprint density at radius 1 is 1.38 bits per heavy atom. The monoisotopic (exact) mass is 375 g/mol. The van der Waals surface area contributed by atoms with Gasteiger partial charge in [-0.25, -0.2) is 0 Å². The zero-order valence-electron chi connectivity index (χ0n) is 15.6. The highest BCUT2D eigenvalue weighted by atomic mass is 32.1. The van der Waals surface area contributed by atoms with Crippen LogP contribution in [-0.4, -0.2) is 27.2 Å². The SMILES string of the molecule is [CH2]n1cc(C)c(C(=O)Nc2sc3c(c2C(N)=O)CC(C)(C)OC3(C)C)n1. The summed E-state index contributed by atoms with van der Waals surface area (Å²) >= 11 is 1.33. The van der Waals surface area contributed by atoms with E-state index in [1.54, 1.807) is 13.1 Å². The second-order valence-corrected chi connectivity index (χ2v) is 8.70. The Morgan fingerprint density at radius 3 is 2.58 bits per heavy atom. The minimum Gasteiger partial charge on any atom is -0.365 e. The summed E-state index contributed by atoms with van der Waals surface area (Å²) in [5, 5.41) is 7.31. The first-order valence-electron chi connectivity index (χ1n) is 8.26. The molecule has 8 heteroatoms. The van der Waals surface area contributed by atoms with Crippen LogP contribution in [0.3, 0.4) is 0 Å². The van der Waals surface area contributed by atoms with Crippen LogP contribution in [0.5, 0.6) is 0 Å². The van der Waals surface area contributed by atoms with Gasteiger partial charge in [-0.05, 0) is 40.2 Å². The van der Waals surface area contributed by atoms with Gasteiger partial charge in [0.1, 0.15) is 5.00 Å². The molecule has 0 unspecified atom stereocenters. The van der Waals surface area contributed by atoms with Gasteiger partial charge in [0.25, 0.3) is 11.8 Å².